The van der Waals surface area contributed by atoms with Gasteiger partial charge in [-0.05, 0) is 49.8 Å². The second-order valence-corrected chi connectivity index (χ2v) is 9.74. The Morgan fingerprint density at radius 2 is 1.90 bits per heavy atom. The summed E-state index contributed by atoms with van der Waals surface area (Å²) in [5, 5.41) is 1.45. The molecule has 4 rings (SSSR count). The van der Waals surface area contributed by atoms with E-state index < -0.39 is 6.04 Å². The molecular formula is C24H33ClN4O2. The van der Waals surface area contributed by atoms with Crippen molar-refractivity contribution in [1.29, 1.82) is 0 Å². The summed E-state index contributed by atoms with van der Waals surface area (Å²) in [6.07, 6.45) is 9.57. The van der Waals surface area contributed by atoms with E-state index in [0.29, 0.717) is 23.0 Å². The van der Waals surface area contributed by atoms with E-state index in [-0.39, 0.29) is 17.9 Å². The van der Waals surface area contributed by atoms with Crippen molar-refractivity contribution in [3.05, 3.63) is 35.0 Å². The molecule has 6 nitrogen and oxygen atoms in total. The molecule has 2 aromatic rings. The van der Waals surface area contributed by atoms with Gasteiger partial charge in [-0.1, -0.05) is 30.9 Å². The van der Waals surface area contributed by atoms with Crippen LogP contribution < -0.4 is 5.73 Å². The molecule has 1 aliphatic heterocycles. The molecule has 2 amide bonds. The van der Waals surface area contributed by atoms with Gasteiger partial charge >= 0.3 is 0 Å². The number of hydrogen-bond donors (Lipinski definition) is 1. The van der Waals surface area contributed by atoms with Crippen LogP contribution in [0, 0.1) is 5.92 Å². The van der Waals surface area contributed by atoms with E-state index in [1.165, 1.54) is 19.3 Å². The number of rotatable bonds is 5. The van der Waals surface area contributed by atoms with Crippen molar-refractivity contribution >= 4 is 34.3 Å². The topological polar surface area (TPSA) is 71.6 Å². The van der Waals surface area contributed by atoms with Gasteiger partial charge in [0.05, 0.1) is 11.6 Å². The summed E-state index contributed by atoms with van der Waals surface area (Å²) in [6, 6.07) is 5.35. The first-order valence-electron chi connectivity index (χ1n) is 11.4. The standard InChI is InChI=1S/C24H33ClN4O2/c1-27(2)23(30)20-15-28(21-11-10-17(25)13-19(20)21)14-18-9-6-12-29(18)24(31)22(26)16-7-4-3-5-8-16/h10-11,13,15-16,18,22H,3-9,12,14,26H2,1-2H3/t18-,22-/m0/s1. The molecule has 0 unspecified atom stereocenters. The zero-order chi connectivity index (χ0) is 22.1. The lowest BCUT2D eigenvalue weighted by Gasteiger charge is -2.32. The fourth-order valence-corrected chi connectivity index (χ4v) is 5.43. The number of likely N-dealkylation sites (tertiary alicyclic amines) is 1. The van der Waals surface area contributed by atoms with Crippen LogP contribution in [0.15, 0.2) is 24.4 Å². The second-order valence-electron chi connectivity index (χ2n) is 9.31. The highest BCUT2D eigenvalue weighted by Crippen LogP contribution is 2.30. The highest BCUT2D eigenvalue weighted by atomic mass is 35.5. The Hall–Kier alpha value is -2.05. The summed E-state index contributed by atoms with van der Waals surface area (Å²) < 4.78 is 2.10. The van der Waals surface area contributed by atoms with Crippen molar-refractivity contribution in [2.45, 2.75) is 63.6 Å². The Kier molecular flexibility index (Phi) is 6.58. The molecule has 1 aliphatic carbocycles. The minimum atomic E-state index is -0.396. The van der Waals surface area contributed by atoms with Gasteiger partial charge in [0.1, 0.15) is 0 Å². The maximum Gasteiger partial charge on any atom is 0.255 e. The largest absolute Gasteiger partial charge is 0.345 e. The number of hydrogen-bond acceptors (Lipinski definition) is 3. The van der Waals surface area contributed by atoms with E-state index in [1.807, 2.05) is 29.3 Å². The molecule has 0 bridgehead atoms. The van der Waals surface area contributed by atoms with Crippen molar-refractivity contribution < 1.29 is 9.59 Å². The molecule has 2 atom stereocenters. The van der Waals surface area contributed by atoms with Crippen molar-refractivity contribution in [3.8, 4) is 0 Å². The van der Waals surface area contributed by atoms with Crippen LogP contribution in [-0.2, 0) is 11.3 Å². The van der Waals surface area contributed by atoms with E-state index in [4.69, 9.17) is 17.3 Å². The van der Waals surface area contributed by atoms with E-state index in [2.05, 4.69) is 4.57 Å². The maximum absolute atomic E-state index is 13.3. The number of halogens is 1. The molecule has 1 saturated heterocycles. The highest BCUT2D eigenvalue weighted by molar-refractivity contribution is 6.31. The lowest BCUT2D eigenvalue weighted by molar-refractivity contribution is -0.135. The molecule has 2 fully saturated rings. The zero-order valence-corrected chi connectivity index (χ0v) is 19.3. The van der Waals surface area contributed by atoms with Gasteiger partial charge in [0.2, 0.25) is 5.91 Å². The van der Waals surface area contributed by atoms with Gasteiger partial charge in [0.25, 0.3) is 5.91 Å². The van der Waals surface area contributed by atoms with E-state index in [0.717, 1.165) is 43.1 Å². The zero-order valence-electron chi connectivity index (χ0n) is 18.5. The van der Waals surface area contributed by atoms with E-state index in [9.17, 15) is 9.59 Å². The third kappa shape index (κ3) is 4.46. The molecule has 2 N–H and O–H groups in total. The number of aromatic nitrogens is 1. The van der Waals surface area contributed by atoms with Crippen molar-refractivity contribution in [1.82, 2.24) is 14.4 Å². The minimum Gasteiger partial charge on any atom is -0.345 e. The fourth-order valence-electron chi connectivity index (χ4n) is 5.26. The van der Waals surface area contributed by atoms with Crippen LogP contribution in [0.5, 0.6) is 0 Å². The van der Waals surface area contributed by atoms with Gasteiger partial charge in [-0.2, -0.15) is 0 Å². The summed E-state index contributed by atoms with van der Waals surface area (Å²) in [4.78, 5) is 29.6. The molecule has 31 heavy (non-hydrogen) atoms. The molecule has 0 radical (unpaired) electrons. The molecule has 0 spiro atoms. The van der Waals surface area contributed by atoms with Gasteiger partial charge in [0.15, 0.2) is 0 Å². The third-order valence-electron chi connectivity index (χ3n) is 6.99. The summed E-state index contributed by atoms with van der Waals surface area (Å²) >= 11 is 6.23. The molecular weight excluding hydrogens is 412 g/mol. The summed E-state index contributed by atoms with van der Waals surface area (Å²) in [5.41, 5.74) is 8.05. The van der Waals surface area contributed by atoms with Crippen LogP contribution in [0.25, 0.3) is 10.9 Å². The molecule has 2 aliphatic rings. The fraction of sp³-hybridized carbons (Fsp3) is 0.583. The average Bonchev–Trinajstić information content (AvgIpc) is 3.37. The first kappa shape index (κ1) is 22.2. The summed E-state index contributed by atoms with van der Waals surface area (Å²) in [5.74, 6) is 0.351. The highest BCUT2D eigenvalue weighted by Gasteiger charge is 2.35. The van der Waals surface area contributed by atoms with Gasteiger partial charge in [0, 0.05) is 55.3 Å². The third-order valence-corrected chi connectivity index (χ3v) is 7.23. The number of nitrogens with two attached hydrogens (primary N) is 1. The summed E-state index contributed by atoms with van der Waals surface area (Å²) in [6.45, 7) is 1.42. The normalized spacial score (nSPS) is 20.9. The molecule has 1 aromatic heterocycles. The Morgan fingerprint density at radius 1 is 1.16 bits per heavy atom. The van der Waals surface area contributed by atoms with Crippen molar-refractivity contribution in [3.63, 3.8) is 0 Å². The van der Waals surface area contributed by atoms with Gasteiger partial charge in [-0.3, -0.25) is 9.59 Å². The second kappa shape index (κ2) is 9.21. The summed E-state index contributed by atoms with van der Waals surface area (Å²) in [7, 11) is 3.50. The van der Waals surface area contributed by atoms with Crippen LogP contribution in [0.4, 0.5) is 0 Å². The lowest BCUT2D eigenvalue weighted by Crippen LogP contribution is -2.50. The number of amides is 2. The number of carbonyl (C=O) groups is 2. The monoisotopic (exact) mass is 444 g/mol. The minimum absolute atomic E-state index is 0.0512. The van der Waals surface area contributed by atoms with Crippen LogP contribution >= 0.6 is 11.6 Å². The predicted octanol–water partition coefficient (Wildman–Crippen LogP) is 3.90. The molecule has 2 heterocycles. The Bertz CT molecular complexity index is 964. The molecule has 1 aromatic carbocycles. The Morgan fingerprint density at radius 3 is 2.61 bits per heavy atom. The van der Waals surface area contributed by atoms with Crippen LogP contribution in [0.3, 0.4) is 0 Å². The number of fused-ring (bicyclic) bond motifs is 1. The smallest absolute Gasteiger partial charge is 0.255 e. The number of benzene rings is 1. The van der Waals surface area contributed by atoms with Crippen LogP contribution in [0.1, 0.15) is 55.3 Å². The van der Waals surface area contributed by atoms with Crippen LogP contribution in [-0.4, -0.2) is 58.9 Å². The predicted molar refractivity (Wildman–Crippen MR) is 124 cm³/mol. The Labute approximate surface area is 189 Å². The first-order chi connectivity index (χ1) is 14.9. The quantitative estimate of drug-likeness (QED) is 0.760. The van der Waals surface area contributed by atoms with E-state index >= 15 is 0 Å². The number of nitrogens with zero attached hydrogens (tertiary/aromatic N) is 3. The first-order valence-corrected chi connectivity index (χ1v) is 11.8. The molecule has 7 heteroatoms. The maximum atomic E-state index is 13.3. The van der Waals surface area contributed by atoms with E-state index in [1.54, 1.807) is 19.0 Å². The van der Waals surface area contributed by atoms with Crippen molar-refractivity contribution in [2.24, 2.45) is 11.7 Å². The van der Waals surface area contributed by atoms with Crippen molar-refractivity contribution in [2.75, 3.05) is 20.6 Å². The van der Waals surface area contributed by atoms with Gasteiger partial charge in [-0.15, -0.1) is 0 Å². The molecule has 1 saturated carbocycles. The number of carbonyl (C=O) groups excluding carboxylic acids is 2. The average molecular weight is 445 g/mol. The SMILES string of the molecule is CN(C)C(=O)c1cn(C[C@@H]2CCCN2C(=O)[C@@H](N)C2CCCCC2)c2ccc(Cl)cc12. The lowest BCUT2D eigenvalue weighted by atomic mass is 9.83. The van der Waals surface area contributed by atoms with Gasteiger partial charge in [-0.25, -0.2) is 0 Å². The van der Waals surface area contributed by atoms with Gasteiger partial charge < -0.3 is 20.1 Å². The molecule has 168 valence electrons. The Balaban J connectivity index is 1.58. The van der Waals surface area contributed by atoms with Crippen LogP contribution in [0.2, 0.25) is 5.02 Å².